The summed E-state index contributed by atoms with van der Waals surface area (Å²) in [6.45, 7) is 6.63. The predicted octanol–water partition coefficient (Wildman–Crippen LogP) is 4.06. The molecule has 0 amide bonds. The molecule has 0 spiro atoms. The van der Waals surface area contributed by atoms with Crippen molar-refractivity contribution < 1.29 is 0 Å². The van der Waals surface area contributed by atoms with Gasteiger partial charge in [0.25, 0.3) is 0 Å². The Morgan fingerprint density at radius 2 is 1.55 bits per heavy atom. The Hall–Kier alpha value is 0.350. The molecule has 0 heterocycles. The standard InChI is InChI=1S/C10H22S/c1-4-5-6-7-8-9-10(2,3)11/h11H,4-9H2,1-3H3. The Morgan fingerprint density at radius 1 is 1.00 bits per heavy atom. The first-order valence-electron chi connectivity index (χ1n) is 4.78. The first kappa shape index (κ1) is 11.4. The molecule has 68 valence electrons. The Labute approximate surface area is 77.2 Å². The smallest absolute Gasteiger partial charge is 0.00731 e. The number of thiol groups is 1. The molecular weight excluding hydrogens is 152 g/mol. The molecule has 0 bridgehead atoms. The molecular formula is C10H22S. The Balaban J connectivity index is 3.02. The maximum absolute atomic E-state index is 4.48. The first-order valence-corrected chi connectivity index (χ1v) is 5.23. The minimum atomic E-state index is 0.242. The van der Waals surface area contributed by atoms with Crippen LogP contribution in [0.3, 0.4) is 0 Å². The highest BCUT2D eigenvalue weighted by Crippen LogP contribution is 2.20. The van der Waals surface area contributed by atoms with Gasteiger partial charge in [0.15, 0.2) is 0 Å². The molecule has 0 aliphatic heterocycles. The molecule has 0 aromatic rings. The van der Waals surface area contributed by atoms with Gasteiger partial charge < -0.3 is 0 Å². The fourth-order valence-electron chi connectivity index (χ4n) is 1.16. The van der Waals surface area contributed by atoms with Crippen LogP contribution in [0.4, 0.5) is 0 Å². The van der Waals surface area contributed by atoms with E-state index in [0.29, 0.717) is 0 Å². The van der Waals surface area contributed by atoms with Crippen LogP contribution in [0, 0.1) is 0 Å². The molecule has 0 N–H and O–H groups in total. The second-order valence-electron chi connectivity index (χ2n) is 3.98. The monoisotopic (exact) mass is 174 g/mol. The summed E-state index contributed by atoms with van der Waals surface area (Å²) >= 11 is 4.48. The molecule has 0 aliphatic carbocycles. The molecule has 0 fully saturated rings. The van der Waals surface area contributed by atoms with Gasteiger partial charge in [0.2, 0.25) is 0 Å². The summed E-state index contributed by atoms with van der Waals surface area (Å²) in [5, 5.41) is 0. The molecule has 0 aliphatic rings. The maximum atomic E-state index is 4.48. The van der Waals surface area contributed by atoms with Gasteiger partial charge in [-0.05, 0) is 6.42 Å². The number of hydrogen-bond acceptors (Lipinski definition) is 1. The minimum absolute atomic E-state index is 0.242. The maximum Gasteiger partial charge on any atom is 0.00731 e. The summed E-state index contributed by atoms with van der Waals surface area (Å²) in [7, 11) is 0. The summed E-state index contributed by atoms with van der Waals surface area (Å²) in [6.07, 6.45) is 8.12. The van der Waals surface area contributed by atoms with E-state index in [-0.39, 0.29) is 4.75 Å². The van der Waals surface area contributed by atoms with E-state index in [1.165, 1.54) is 38.5 Å². The van der Waals surface area contributed by atoms with Crippen molar-refractivity contribution >= 4 is 12.6 Å². The van der Waals surface area contributed by atoms with Crippen LogP contribution < -0.4 is 0 Å². The van der Waals surface area contributed by atoms with Crippen molar-refractivity contribution in [2.75, 3.05) is 0 Å². The van der Waals surface area contributed by atoms with Crippen molar-refractivity contribution in [2.24, 2.45) is 0 Å². The van der Waals surface area contributed by atoms with Gasteiger partial charge in [-0.3, -0.25) is 0 Å². The summed E-state index contributed by atoms with van der Waals surface area (Å²) in [5.74, 6) is 0. The molecule has 1 heteroatoms. The van der Waals surface area contributed by atoms with Crippen LogP contribution in [0.25, 0.3) is 0 Å². The molecule has 0 nitrogen and oxygen atoms in total. The van der Waals surface area contributed by atoms with Gasteiger partial charge in [-0.2, -0.15) is 12.6 Å². The summed E-state index contributed by atoms with van der Waals surface area (Å²) in [6, 6.07) is 0. The van der Waals surface area contributed by atoms with Crippen molar-refractivity contribution in [3.63, 3.8) is 0 Å². The lowest BCUT2D eigenvalue weighted by Gasteiger charge is -2.16. The quantitative estimate of drug-likeness (QED) is 0.456. The fourth-order valence-corrected chi connectivity index (χ4v) is 1.32. The van der Waals surface area contributed by atoms with E-state index >= 15 is 0 Å². The van der Waals surface area contributed by atoms with Gasteiger partial charge in [0.1, 0.15) is 0 Å². The molecule has 0 radical (unpaired) electrons. The van der Waals surface area contributed by atoms with Crippen LogP contribution in [0.2, 0.25) is 0 Å². The lowest BCUT2D eigenvalue weighted by Crippen LogP contribution is -2.09. The first-order chi connectivity index (χ1) is 5.06. The second kappa shape index (κ2) is 5.93. The van der Waals surface area contributed by atoms with Crippen LogP contribution in [0.1, 0.15) is 59.3 Å². The highest BCUT2D eigenvalue weighted by molar-refractivity contribution is 7.81. The fraction of sp³-hybridized carbons (Fsp3) is 1.00. The van der Waals surface area contributed by atoms with E-state index in [9.17, 15) is 0 Å². The zero-order valence-electron chi connectivity index (χ0n) is 8.19. The van der Waals surface area contributed by atoms with Crippen molar-refractivity contribution in [1.29, 1.82) is 0 Å². The second-order valence-corrected chi connectivity index (χ2v) is 5.19. The zero-order chi connectivity index (χ0) is 8.74. The van der Waals surface area contributed by atoms with Crippen LogP contribution in [0.15, 0.2) is 0 Å². The molecule has 0 aromatic heterocycles. The third kappa shape index (κ3) is 10.4. The van der Waals surface area contributed by atoms with Gasteiger partial charge in [0, 0.05) is 4.75 Å². The Morgan fingerprint density at radius 3 is 2.00 bits per heavy atom. The van der Waals surface area contributed by atoms with E-state index in [2.05, 4.69) is 33.4 Å². The van der Waals surface area contributed by atoms with E-state index in [1.54, 1.807) is 0 Å². The van der Waals surface area contributed by atoms with Gasteiger partial charge in [0.05, 0.1) is 0 Å². The zero-order valence-corrected chi connectivity index (χ0v) is 9.08. The molecule has 0 aromatic carbocycles. The van der Waals surface area contributed by atoms with Gasteiger partial charge >= 0.3 is 0 Å². The van der Waals surface area contributed by atoms with Crippen molar-refractivity contribution in [3.05, 3.63) is 0 Å². The van der Waals surface area contributed by atoms with Gasteiger partial charge in [-0.25, -0.2) is 0 Å². The number of hydrogen-bond donors (Lipinski definition) is 1. The van der Waals surface area contributed by atoms with Crippen LogP contribution in [-0.2, 0) is 0 Å². The third-order valence-electron chi connectivity index (χ3n) is 1.89. The molecule has 0 atom stereocenters. The van der Waals surface area contributed by atoms with Crippen LogP contribution >= 0.6 is 12.6 Å². The predicted molar refractivity (Wildman–Crippen MR) is 56.4 cm³/mol. The summed E-state index contributed by atoms with van der Waals surface area (Å²) in [5.41, 5.74) is 0. The summed E-state index contributed by atoms with van der Waals surface area (Å²) < 4.78 is 0.242. The largest absolute Gasteiger partial charge is 0.173 e. The average Bonchev–Trinajstić information content (AvgIpc) is 1.85. The highest BCUT2D eigenvalue weighted by Gasteiger charge is 2.09. The van der Waals surface area contributed by atoms with Gasteiger partial charge in [-0.1, -0.05) is 52.9 Å². The molecule has 0 saturated carbocycles. The molecule has 0 unspecified atom stereocenters. The lowest BCUT2D eigenvalue weighted by atomic mass is 10.0. The molecule has 0 saturated heterocycles. The van der Waals surface area contributed by atoms with Crippen molar-refractivity contribution in [2.45, 2.75) is 64.0 Å². The van der Waals surface area contributed by atoms with E-state index in [4.69, 9.17) is 0 Å². The minimum Gasteiger partial charge on any atom is -0.173 e. The van der Waals surface area contributed by atoms with Crippen LogP contribution in [-0.4, -0.2) is 4.75 Å². The number of rotatable bonds is 6. The van der Waals surface area contributed by atoms with Crippen LogP contribution in [0.5, 0.6) is 0 Å². The Kier molecular flexibility index (Phi) is 6.12. The van der Waals surface area contributed by atoms with Gasteiger partial charge in [-0.15, -0.1) is 0 Å². The average molecular weight is 174 g/mol. The molecule has 11 heavy (non-hydrogen) atoms. The SMILES string of the molecule is CCCCCCCC(C)(C)S. The highest BCUT2D eigenvalue weighted by atomic mass is 32.1. The van der Waals surface area contributed by atoms with Crippen molar-refractivity contribution in [3.8, 4) is 0 Å². The van der Waals surface area contributed by atoms with Crippen molar-refractivity contribution in [1.82, 2.24) is 0 Å². The van der Waals surface area contributed by atoms with E-state index in [1.807, 2.05) is 0 Å². The van der Waals surface area contributed by atoms with E-state index in [0.717, 1.165) is 0 Å². The lowest BCUT2D eigenvalue weighted by molar-refractivity contribution is 0.551. The third-order valence-corrected chi connectivity index (χ3v) is 2.12. The number of unbranched alkanes of at least 4 members (excludes halogenated alkanes) is 4. The Bertz CT molecular complexity index is 81.4. The van der Waals surface area contributed by atoms with E-state index < -0.39 is 0 Å². The normalized spacial score (nSPS) is 12.0. The molecule has 0 rings (SSSR count). The topological polar surface area (TPSA) is 0 Å². The summed E-state index contributed by atoms with van der Waals surface area (Å²) in [4.78, 5) is 0.